The molecule has 1 N–H and O–H groups in total. The van der Waals surface area contributed by atoms with E-state index in [0.717, 1.165) is 61.8 Å². The molecule has 0 radical (unpaired) electrons. The Morgan fingerprint density at radius 1 is 1.21 bits per heavy atom. The molecule has 0 saturated carbocycles. The van der Waals surface area contributed by atoms with Gasteiger partial charge in [0.15, 0.2) is 4.34 Å². The molecule has 1 aliphatic heterocycles. The Labute approximate surface area is 178 Å². The van der Waals surface area contributed by atoms with Crippen molar-refractivity contribution in [2.45, 2.75) is 28.3 Å². The van der Waals surface area contributed by atoms with Crippen molar-refractivity contribution in [2.24, 2.45) is 0 Å². The molecule has 29 heavy (non-hydrogen) atoms. The Morgan fingerprint density at radius 2 is 2.10 bits per heavy atom. The van der Waals surface area contributed by atoms with Crippen LogP contribution in [0, 0.1) is 5.82 Å². The predicted octanol–water partition coefficient (Wildman–Crippen LogP) is 5.09. The molecule has 0 unspecified atom stereocenters. The second-order valence-electron chi connectivity index (χ2n) is 6.51. The van der Waals surface area contributed by atoms with Crippen molar-refractivity contribution >= 4 is 49.8 Å². The van der Waals surface area contributed by atoms with Crippen LogP contribution in [0.1, 0.15) is 12.8 Å². The minimum absolute atomic E-state index is 0.251. The molecule has 1 atom stereocenters. The highest BCUT2D eigenvalue weighted by Gasteiger charge is 2.18. The molecule has 5 rings (SSSR count). The number of hydrogen-bond donors (Lipinski definition) is 1. The lowest BCUT2D eigenvalue weighted by molar-refractivity contribution is 0.120. The van der Waals surface area contributed by atoms with Gasteiger partial charge in [-0.2, -0.15) is 0 Å². The van der Waals surface area contributed by atoms with Gasteiger partial charge in [0.2, 0.25) is 5.13 Å². The van der Waals surface area contributed by atoms with Gasteiger partial charge >= 0.3 is 0 Å². The minimum Gasteiger partial charge on any atom is -0.376 e. The highest BCUT2D eigenvalue weighted by Crippen LogP contribution is 2.41. The summed E-state index contributed by atoms with van der Waals surface area (Å²) in [7, 11) is 0. The zero-order valence-electron chi connectivity index (χ0n) is 15.2. The highest BCUT2D eigenvalue weighted by atomic mass is 32.2. The molecule has 4 aromatic rings. The first-order valence-corrected chi connectivity index (χ1v) is 11.6. The van der Waals surface area contributed by atoms with Gasteiger partial charge in [-0.1, -0.05) is 23.5 Å². The van der Waals surface area contributed by atoms with Crippen molar-refractivity contribution in [3.8, 4) is 11.1 Å². The van der Waals surface area contributed by atoms with Gasteiger partial charge in [0.05, 0.1) is 11.5 Å². The number of anilines is 1. The van der Waals surface area contributed by atoms with E-state index in [2.05, 4.69) is 25.5 Å². The Morgan fingerprint density at radius 3 is 2.93 bits per heavy atom. The summed E-state index contributed by atoms with van der Waals surface area (Å²) < 4.78 is 19.7. The van der Waals surface area contributed by atoms with Gasteiger partial charge in [0, 0.05) is 24.1 Å². The first-order valence-electron chi connectivity index (χ1n) is 9.11. The molecule has 1 aliphatic rings. The van der Waals surface area contributed by atoms with Gasteiger partial charge in [-0.25, -0.2) is 14.4 Å². The van der Waals surface area contributed by atoms with Crippen molar-refractivity contribution in [3.63, 3.8) is 0 Å². The van der Waals surface area contributed by atoms with Crippen LogP contribution in [-0.4, -0.2) is 39.4 Å². The number of aromatic nitrogens is 4. The van der Waals surface area contributed by atoms with E-state index in [9.17, 15) is 4.39 Å². The molecule has 0 spiro atoms. The fraction of sp³-hybridized carbons (Fsp3) is 0.263. The minimum atomic E-state index is -0.254. The number of thiophene rings is 1. The van der Waals surface area contributed by atoms with Crippen LogP contribution in [0.2, 0.25) is 0 Å². The van der Waals surface area contributed by atoms with Crippen LogP contribution in [0.3, 0.4) is 0 Å². The van der Waals surface area contributed by atoms with Crippen LogP contribution in [0.25, 0.3) is 21.3 Å². The standard InChI is InChI=1S/C19H16FN5OS3/c20-12-5-3-11(4-6-12)14-9-27-16-15(14)17(23-10-22-16)28-19-25-24-18(29-19)21-8-13-2-1-7-26-13/h3-6,9-10,13H,1-2,7-8H2,(H,21,24)/t13-/m0/s1. The predicted molar refractivity (Wildman–Crippen MR) is 114 cm³/mol. The Balaban J connectivity index is 1.39. The molecule has 1 saturated heterocycles. The highest BCUT2D eigenvalue weighted by molar-refractivity contribution is 8.01. The summed E-state index contributed by atoms with van der Waals surface area (Å²) >= 11 is 4.51. The second kappa shape index (κ2) is 8.31. The molecular weight excluding hydrogens is 429 g/mol. The normalized spacial score (nSPS) is 16.5. The van der Waals surface area contributed by atoms with Crippen LogP contribution in [0.5, 0.6) is 0 Å². The van der Waals surface area contributed by atoms with E-state index >= 15 is 0 Å². The quantitative estimate of drug-likeness (QED) is 0.414. The third-order valence-corrected chi connectivity index (χ3v) is 7.41. The lowest BCUT2D eigenvalue weighted by Crippen LogP contribution is -2.18. The topological polar surface area (TPSA) is 72.8 Å². The average Bonchev–Trinajstić information content (AvgIpc) is 3.48. The van der Waals surface area contributed by atoms with E-state index in [1.807, 2.05) is 5.38 Å². The van der Waals surface area contributed by atoms with Gasteiger partial charge in [0.1, 0.15) is 22.0 Å². The third-order valence-electron chi connectivity index (χ3n) is 4.59. The van der Waals surface area contributed by atoms with E-state index in [1.165, 1.54) is 35.2 Å². The van der Waals surface area contributed by atoms with Gasteiger partial charge in [-0.3, -0.25) is 0 Å². The zero-order valence-corrected chi connectivity index (χ0v) is 17.6. The van der Waals surface area contributed by atoms with E-state index in [4.69, 9.17) is 4.74 Å². The van der Waals surface area contributed by atoms with Gasteiger partial charge in [-0.05, 0) is 42.3 Å². The molecule has 10 heteroatoms. The van der Waals surface area contributed by atoms with Crippen LogP contribution in [-0.2, 0) is 4.74 Å². The molecule has 1 aromatic carbocycles. The van der Waals surface area contributed by atoms with Crippen LogP contribution < -0.4 is 5.32 Å². The number of nitrogens with one attached hydrogen (secondary N) is 1. The molecule has 3 aromatic heterocycles. The van der Waals surface area contributed by atoms with E-state index in [1.54, 1.807) is 29.8 Å². The molecule has 0 bridgehead atoms. The summed E-state index contributed by atoms with van der Waals surface area (Å²) in [5.74, 6) is -0.254. The van der Waals surface area contributed by atoms with Gasteiger partial charge < -0.3 is 10.1 Å². The zero-order chi connectivity index (χ0) is 19.6. The van der Waals surface area contributed by atoms with Crippen LogP contribution in [0.15, 0.2) is 45.3 Å². The fourth-order valence-electron chi connectivity index (χ4n) is 3.18. The van der Waals surface area contributed by atoms with Gasteiger partial charge in [0.25, 0.3) is 0 Å². The third kappa shape index (κ3) is 4.11. The maximum Gasteiger partial charge on any atom is 0.206 e. The maximum atomic E-state index is 13.3. The number of nitrogens with zero attached hydrogens (tertiary/aromatic N) is 4. The van der Waals surface area contributed by atoms with Crippen molar-refractivity contribution in [1.82, 2.24) is 20.2 Å². The average molecular weight is 446 g/mol. The summed E-state index contributed by atoms with van der Waals surface area (Å²) in [6.07, 6.45) is 4.01. The number of ether oxygens (including phenoxy) is 1. The second-order valence-corrected chi connectivity index (χ2v) is 9.58. The maximum absolute atomic E-state index is 13.3. The number of halogens is 1. The molecule has 4 heterocycles. The number of fused-ring (bicyclic) bond motifs is 1. The Bertz CT molecular complexity index is 1120. The molecule has 148 valence electrons. The molecule has 6 nitrogen and oxygen atoms in total. The summed E-state index contributed by atoms with van der Waals surface area (Å²) in [4.78, 5) is 9.76. The first kappa shape index (κ1) is 18.9. The Hall–Kier alpha value is -2.14. The number of rotatable bonds is 6. The lowest BCUT2D eigenvalue weighted by Gasteiger charge is -2.08. The van der Waals surface area contributed by atoms with E-state index in [-0.39, 0.29) is 11.9 Å². The monoisotopic (exact) mass is 445 g/mol. The summed E-state index contributed by atoms with van der Waals surface area (Å²) in [5.41, 5.74) is 1.93. The lowest BCUT2D eigenvalue weighted by atomic mass is 10.1. The van der Waals surface area contributed by atoms with Crippen molar-refractivity contribution in [2.75, 3.05) is 18.5 Å². The summed E-state index contributed by atoms with van der Waals surface area (Å²) in [5, 5.41) is 16.4. The van der Waals surface area contributed by atoms with E-state index < -0.39 is 0 Å². The molecule has 1 fully saturated rings. The molecular formula is C19H16FN5OS3. The van der Waals surface area contributed by atoms with E-state index in [0.29, 0.717) is 0 Å². The number of benzene rings is 1. The first-order chi connectivity index (χ1) is 14.3. The molecule has 0 amide bonds. The van der Waals surface area contributed by atoms with Crippen molar-refractivity contribution < 1.29 is 9.13 Å². The van der Waals surface area contributed by atoms with Crippen LogP contribution >= 0.6 is 34.4 Å². The summed E-state index contributed by atoms with van der Waals surface area (Å²) in [6.45, 7) is 1.58. The number of hydrogen-bond acceptors (Lipinski definition) is 9. The van der Waals surface area contributed by atoms with Crippen molar-refractivity contribution in [1.29, 1.82) is 0 Å². The smallest absolute Gasteiger partial charge is 0.206 e. The summed E-state index contributed by atoms with van der Waals surface area (Å²) in [6, 6.07) is 6.48. The van der Waals surface area contributed by atoms with Crippen LogP contribution in [0.4, 0.5) is 9.52 Å². The SMILES string of the molecule is Fc1ccc(-c2csc3ncnc(Sc4nnc(NC[C@@H]5CCCO5)s4)c23)cc1. The fourth-order valence-corrected chi connectivity index (χ4v) is 5.94. The Kier molecular flexibility index (Phi) is 5.40. The largest absolute Gasteiger partial charge is 0.376 e. The van der Waals surface area contributed by atoms with Gasteiger partial charge in [-0.15, -0.1) is 21.5 Å². The molecule has 0 aliphatic carbocycles. The van der Waals surface area contributed by atoms with Crippen molar-refractivity contribution in [3.05, 3.63) is 41.8 Å².